The van der Waals surface area contributed by atoms with Gasteiger partial charge in [-0.1, -0.05) is 12.1 Å². The highest BCUT2D eigenvalue weighted by Crippen LogP contribution is 2.28. The van der Waals surface area contributed by atoms with Gasteiger partial charge in [0.2, 0.25) is 0 Å². The van der Waals surface area contributed by atoms with Crippen LogP contribution in [0.2, 0.25) is 0 Å². The van der Waals surface area contributed by atoms with Gasteiger partial charge < -0.3 is 4.74 Å². The van der Waals surface area contributed by atoms with Crippen molar-refractivity contribution in [2.24, 2.45) is 0 Å². The van der Waals surface area contributed by atoms with Crippen molar-refractivity contribution in [3.63, 3.8) is 0 Å². The van der Waals surface area contributed by atoms with Gasteiger partial charge in [0.15, 0.2) is 11.6 Å². The molecule has 0 N–H and O–H groups in total. The molecule has 0 saturated heterocycles. The highest BCUT2D eigenvalue weighted by atomic mass is 32.2. The lowest BCUT2D eigenvalue weighted by atomic mass is 10.3. The lowest BCUT2D eigenvalue weighted by molar-refractivity contribution is 0.385. The van der Waals surface area contributed by atoms with Crippen LogP contribution in [0.1, 0.15) is 6.92 Å². The van der Waals surface area contributed by atoms with Crippen LogP contribution in [0.5, 0.6) is 5.75 Å². The lowest BCUT2D eigenvalue weighted by Crippen LogP contribution is -2.31. The number of hydrogen-bond acceptors (Lipinski definition) is 3. The van der Waals surface area contributed by atoms with Crippen LogP contribution < -0.4 is 9.04 Å². The number of benzene rings is 2. The minimum Gasteiger partial charge on any atom is -0.494 e. The van der Waals surface area contributed by atoms with Crippen LogP contribution in [0.25, 0.3) is 0 Å². The number of halogens is 2. The van der Waals surface area contributed by atoms with Crippen LogP contribution in [0, 0.1) is 11.6 Å². The molecule has 0 atom stereocenters. The summed E-state index contributed by atoms with van der Waals surface area (Å²) in [7, 11) is -2.79. The predicted octanol–water partition coefficient (Wildman–Crippen LogP) is 3.19. The minimum atomic E-state index is -4.08. The summed E-state index contributed by atoms with van der Waals surface area (Å²) in [5, 5.41) is 0. The van der Waals surface area contributed by atoms with Gasteiger partial charge in [-0.05, 0) is 37.3 Å². The van der Waals surface area contributed by atoms with E-state index >= 15 is 0 Å². The molecule has 2 rings (SSSR count). The molecule has 0 bridgehead atoms. The summed E-state index contributed by atoms with van der Waals surface area (Å²) in [5.41, 5.74) is -0.0822. The maximum Gasteiger partial charge on any atom is 0.264 e. The second-order valence-corrected chi connectivity index (χ2v) is 6.28. The molecule has 0 fully saturated rings. The van der Waals surface area contributed by atoms with Crippen molar-refractivity contribution in [3.05, 3.63) is 54.1 Å². The van der Waals surface area contributed by atoms with Crippen LogP contribution in [-0.2, 0) is 10.0 Å². The number of methoxy groups -OCH3 is 1. The Morgan fingerprint density at radius 3 is 2.32 bits per heavy atom. The predicted molar refractivity (Wildman–Crippen MR) is 79.6 cm³/mol. The molecule has 7 heteroatoms. The molecule has 2 aromatic carbocycles. The molecule has 0 amide bonds. The molecule has 22 heavy (non-hydrogen) atoms. The number of para-hydroxylation sites is 1. The van der Waals surface area contributed by atoms with Crippen molar-refractivity contribution in [2.75, 3.05) is 18.0 Å². The maximum absolute atomic E-state index is 13.9. The van der Waals surface area contributed by atoms with Gasteiger partial charge in [0.05, 0.1) is 17.7 Å². The first kappa shape index (κ1) is 16.2. The molecule has 118 valence electrons. The quantitative estimate of drug-likeness (QED) is 0.847. The zero-order valence-corrected chi connectivity index (χ0v) is 12.9. The van der Waals surface area contributed by atoms with Gasteiger partial charge in [0.25, 0.3) is 10.0 Å². The molecule has 0 aliphatic rings. The molecule has 4 nitrogen and oxygen atoms in total. The van der Waals surface area contributed by atoms with Crippen molar-refractivity contribution < 1.29 is 21.9 Å². The summed E-state index contributed by atoms with van der Waals surface area (Å²) in [6, 6.07) is 8.83. The fourth-order valence-corrected chi connectivity index (χ4v) is 3.55. The summed E-state index contributed by atoms with van der Waals surface area (Å²) >= 11 is 0. The molecule has 0 spiro atoms. The van der Waals surface area contributed by atoms with Crippen molar-refractivity contribution in [1.82, 2.24) is 0 Å². The molecule has 0 aromatic heterocycles. The van der Waals surface area contributed by atoms with Gasteiger partial charge in [-0.2, -0.15) is 0 Å². The third kappa shape index (κ3) is 2.89. The highest BCUT2D eigenvalue weighted by molar-refractivity contribution is 7.92. The Labute approximate surface area is 128 Å². The zero-order chi connectivity index (χ0) is 16.3. The van der Waals surface area contributed by atoms with E-state index in [1.807, 2.05) is 0 Å². The van der Waals surface area contributed by atoms with E-state index in [-0.39, 0.29) is 22.9 Å². The van der Waals surface area contributed by atoms with Gasteiger partial charge in [-0.25, -0.2) is 17.2 Å². The Bertz CT molecular complexity index is 778. The summed E-state index contributed by atoms with van der Waals surface area (Å²) in [6.45, 7) is 1.58. The van der Waals surface area contributed by atoms with Gasteiger partial charge in [-0.3, -0.25) is 4.31 Å². The van der Waals surface area contributed by atoms with Gasteiger partial charge in [-0.15, -0.1) is 0 Å². The minimum absolute atomic E-state index is 0.0108. The molecule has 0 aliphatic heterocycles. The third-order valence-electron chi connectivity index (χ3n) is 3.12. The lowest BCUT2D eigenvalue weighted by Gasteiger charge is -2.23. The zero-order valence-electron chi connectivity index (χ0n) is 12.1. The SMILES string of the molecule is CCN(c1ccccc1F)S(=O)(=O)c1ccc(OC)c(F)c1. The Balaban J connectivity index is 2.52. The number of hydrogen-bond donors (Lipinski definition) is 0. The molecule has 0 heterocycles. The monoisotopic (exact) mass is 327 g/mol. The largest absolute Gasteiger partial charge is 0.494 e. The van der Waals surface area contributed by atoms with Crippen molar-refractivity contribution >= 4 is 15.7 Å². The van der Waals surface area contributed by atoms with Gasteiger partial charge in [0.1, 0.15) is 5.82 Å². The molecular weight excluding hydrogens is 312 g/mol. The second-order valence-electron chi connectivity index (χ2n) is 4.42. The molecule has 2 aromatic rings. The summed E-state index contributed by atoms with van der Waals surface area (Å²) < 4.78 is 58.5. The van der Waals surface area contributed by atoms with Crippen LogP contribution >= 0.6 is 0 Å². The summed E-state index contributed by atoms with van der Waals surface area (Å²) in [4.78, 5) is -0.268. The molecular formula is C15H15F2NO3S. The van der Waals surface area contributed by atoms with Crippen LogP contribution in [-0.4, -0.2) is 22.1 Å². The van der Waals surface area contributed by atoms with E-state index in [9.17, 15) is 17.2 Å². The fourth-order valence-electron chi connectivity index (χ4n) is 2.06. The average molecular weight is 327 g/mol. The fraction of sp³-hybridized carbons (Fsp3) is 0.200. The molecule has 0 saturated carbocycles. The Kier molecular flexibility index (Phi) is 4.65. The highest BCUT2D eigenvalue weighted by Gasteiger charge is 2.26. The topological polar surface area (TPSA) is 46.6 Å². The van der Waals surface area contributed by atoms with Crippen LogP contribution in [0.3, 0.4) is 0 Å². The van der Waals surface area contributed by atoms with E-state index in [0.717, 1.165) is 10.4 Å². The first-order valence-corrected chi connectivity index (χ1v) is 7.96. The Morgan fingerprint density at radius 2 is 1.77 bits per heavy atom. The third-order valence-corrected chi connectivity index (χ3v) is 5.00. The van der Waals surface area contributed by atoms with E-state index in [0.29, 0.717) is 0 Å². The first-order chi connectivity index (χ1) is 10.4. The number of rotatable bonds is 5. The first-order valence-electron chi connectivity index (χ1n) is 6.52. The van der Waals surface area contributed by atoms with Gasteiger partial charge >= 0.3 is 0 Å². The van der Waals surface area contributed by atoms with Crippen LogP contribution in [0.15, 0.2) is 47.4 Å². The normalized spacial score (nSPS) is 11.3. The van der Waals surface area contributed by atoms with E-state index in [2.05, 4.69) is 0 Å². The standard InChI is InChI=1S/C15H15F2NO3S/c1-3-18(14-7-5-4-6-12(14)16)22(19,20)11-8-9-15(21-2)13(17)10-11/h4-10H,3H2,1-2H3. The molecule has 0 radical (unpaired) electrons. The Hall–Kier alpha value is -2.15. The Morgan fingerprint density at radius 1 is 1.09 bits per heavy atom. The number of sulfonamides is 1. The maximum atomic E-state index is 13.9. The van der Waals surface area contributed by atoms with E-state index in [4.69, 9.17) is 4.74 Å². The molecule has 0 unspecified atom stereocenters. The van der Waals surface area contributed by atoms with E-state index in [1.165, 1.54) is 43.5 Å². The second kappa shape index (κ2) is 6.31. The summed E-state index contributed by atoms with van der Waals surface area (Å²) in [5.74, 6) is -1.53. The number of ether oxygens (including phenoxy) is 1. The smallest absolute Gasteiger partial charge is 0.264 e. The average Bonchev–Trinajstić information content (AvgIpc) is 2.49. The van der Waals surface area contributed by atoms with Crippen molar-refractivity contribution in [1.29, 1.82) is 0 Å². The van der Waals surface area contributed by atoms with Crippen LogP contribution in [0.4, 0.5) is 14.5 Å². The van der Waals surface area contributed by atoms with Crippen molar-refractivity contribution in [2.45, 2.75) is 11.8 Å². The van der Waals surface area contributed by atoms with E-state index < -0.39 is 21.7 Å². The summed E-state index contributed by atoms with van der Waals surface area (Å²) in [6.07, 6.45) is 0. The van der Waals surface area contributed by atoms with E-state index in [1.54, 1.807) is 6.92 Å². The molecule has 0 aliphatic carbocycles. The van der Waals surface area contributed by atoms with Gasteiger partial charge in [0, 0.05) is 6.54 Å². The number of nitrogens with zero attached hydrogens (tertiary/aromatic N) is 1. The van der Waals surface area contributed by atoms with Crippen molar-refractivity contribution in [3.8, 4) is 5.75 Å². The number of anilines is 1.